The summed E-state index contributed by atoms with van der Waals surface area (Å²) in [7, 11) is 0. The maximum Gasteiger partial charge on any atom is 0.247 e. The topological polar surface area (TPSA) is 29.1 Å². The van der Waals surface area contributed by atoms with Gasteiger partial charge in [-0.05, 0) is 73.6 Å². The number of rotatable bonds is 6. The van der Waals surface area contributed by atoms with E-state index in [-0.39, 0.29) is 11.7 Å². The summed E-state index contributed by atoms with van der Waals surface area (Å²) < 4.78 is 14.2. The lowest BCUT2D eigenvalue weighted by Crippen LogP contribution is -2.25. The van der Waals surface area contributed by atoms with Crippen LogP contribution >= 0.6 is 0 Å². The Balaban J connectivity index is 2.39. The second-order valence-electron chi connectivity index (χ2n) is 6.41. The molecule has 0 atom stereocenters. The molecule has 0 aromatic heterocycles. The minimum atomic E-state index is -0.271. The molecule has 2 rings (SSSR count). The number of carbonyl (C=O) groups is 1. The number of carbonyl (C=O) groups excluding carboxylic acids is 1. The smallest absolute Gasteiger partial charge is 0.247 e. The molecule has 0 aliphatic rings. The lowest BCUT2D eigenvalue weighted by molar-refractivity contribution is -0.117. The lowest BCUT2D eigenvalue weighted by atomic mass is 9.91. The van der Waals surface area contributed by atoms with Gasteiger partial charge < -0.3 is 5.32 Å². The summed E-state index contributed by atoms with van der Waals surface area (Å²) in [5.74, 6) is -0.361. The number of benzene rings is 2. The molecule has 2 aromatic rings. The van der Waals surface area contributed by atoms with Crippen LogP contribution in [-0.2, 0) is 11.2 Å². The molecule has 0 aliphatic heterocycles. The zero-order chi connectivity index (χ0) is 18.4. The monoisotopic (exact) mass is 339 g/mol. The summed E-state index contributed by atoms with van der Waals surface area (Å²) in [5.41, 5.74) is 5.36. The van der Waals surface area contributed by atoms with Crippen molar-refractivity contribution >= 4 is 11.5 Å². The van der Waals surface area contributed by atoms with E-state index in [0.29, 0.717) is 18.5 Å². The fourth-order valence-electron chi connectivity index (χ4n) is 2.87. The number of halogens is 1. The molecule has 1 amide bonds. The largest absolute Gasteiger partial charge is 0.352 e. The summed E-state index contributed by atoms with van der Waals surface area (Å²) >= 11 is 0. The van der Waals surface area contributed by atoms with Gasteiger partial charge in [-0.25, -0.2) is 4.39 Å². The third-order valence-electron chi connectivity index (χ3n) is 4.56. The molecule has 0 saturated carbocycles. The molecule has 2 aromatic carbocycles. The molecule has 132 valence electrons. The second kappa shape index (κ2) is 8.61. The first-order chi connectivity index (χ1) is 11.9. The first-order valence-electron chi connectivity index (χ1n) is 8.73. The Bertz CT molecular complexity index is 778. The highest BCUT2D eigenvalue weighted by molar-refractivity contribution is 6.00. The predicted molar refractivity (Wildman–Crippen MR) is 102 cm³/mol. The van der Waals surface area contributed by atoms with Gasteiger partial charge in [-0.15, -0.1) is 0 Å². The van der Waals surface area contributed by atoms with Crippen LogP contribution in [0, 0.1) is 12.7 Å². The number of hydrogen-bond acceptors (Lipinski definition) is 1. The maximum absolute atomic E-state index is 14.2. The molecule has 2 nitrogen and oxygen atoms in total. The SMILES string of the molecule is CCCNC(=O)/C(C)=C(\C)c1cc(F)cc(Cc2ccccc2)c1C. The summed E-state index contributed by atoms with van der Waals surface area (Å²) in [6.45, 7) is 8.33. The number of allylic oxidation sites excluding steroid dienone is 1. The molecule has 3 heteroatoms. The Labute approximate surface area is 149 Å². The molecule has 0 bridgehead atoms. The normalized spacial score (nSPS) is 11.9. The number of hydrogen-bond donors (Lipinski definition) is 1. The fourth-order valence-corrected chi connectivity index (χ4v) is 2.87. The molecule has 0 unspecified atom stereocenters. The molecular weight excluding hydrogens is 313 g/mol. The highest BCUT2D eigenvalue weighted by Gasteiger charge is 2.14. The van der Waals surface area contributed by atoms with E-state index in [4.69, 9.17) is 0 Å². The number of amides is 1. The quantitative estimate of drug-likeness (QED) is 0.734. The van der Waals surface area contributed by atoms with E-state index in [1.165, 1.54) is 6.07 Å². The van der Waals surface area contributed by atoms with Crippen LogP contribution in [0.15, 0.2) is 48.0 Å². The molecule has 0 saturated heterocycles. The highest BCUT2D eigenvalue weighted by atomic mass is 19.1. The number of nitrogens with one attached hydrogen (secondary N) is 1. The molecule has 0 aliphatic carbocycles. The maximum atomic E-state index is 14.2. The van der Waals surface area contributed by atoms with Crippen LogP contribution in [0.4, 0.5) is 4.39 Å². The Kier molecular flexibility index (Phi) is 6.51. The first-order valence-corrected chi connectivity index (χ1v) is 8.73. The van der Waals surface area contributed by atoms with Gasteiger partial charge in [0.15, 0.2) is 0 Å². The van der Waals surface area contributed by atoms with E-state index < -0.39 is 0 Å². The first kappa shape index (κ1) is 18.9. The van der Waals surface area contributed by atoms with Crippen LogP contribution in [0.1, 0.15) is 49.4 Å². The Morgan fingerprint density at radius 3 is 2.44 bits per heavy atom. The van der Waals surface area contributed by atoms with Crippen molar-refractivity contribution < 1.29 is 9.18 Å². The molecule has 25 heavy (non-hydrogen) atoms. The van der Waals surface area contributed by atoms with Crippen LogP contribution in [0.3, 0.4) is 0 Å². The average Bonchev–Trinajstić information content (AvgIpc) is 2.62. The summed E-state index contributed by atoms with van der Waals surface area (Å²) in [5, 5.41) is 2.88. The molecular formula is C22H26FNO. The lowest BCUT2D eigenvalue weighted by Gasteiger charge is -2.15. The molecule has 0 heterocycles. The average molecular weight is 339 g/mol. The third-order valence-corrected chi connectivity index (χ3v) is 4.56. The van der Waals surface area contributed by atoms with Gasteiger partial charge in [0.1, 0.15) is 5.82 Å². The van der Waals surface area contributed by atoms with Crippen LogP contribution in [-0.4, -0.2) is 12.5 Å². The van der Waals surface area contributed by atoms with Crippen molar-refractivity contribution in [3.8, 4) is 0 Å². The van der Waals surface area contributed by atoms with Gasteiger partial charge >= 0.3 is 0 Å². The molecule has 0 spiro atoms. The fraction of sp³-hybridized carbons (Fsp3) is 0.318. The van der Waals surface area contributed by atoms with Crippen molar-refractivity contribution in [3.63, 3.8) is 0 Å². The van der Waals surface area contributed by atoms with Crippen LogP contribution in [0.5, 0.6) is 0 Å². The molecule has 0 fully saturated rings. The standard InChI is InChI=1S/C22H26FNO/c1-5-11-24-22(25)16(3)15(2)21-14-20(23)13-19(17(21)4)12-18-9-7-6-8-10-18/h6-10,13-14H,5,11-12H2,1-4H3,(H,24,25)/b16-15+. The van der Waals surface area contributed by atoms with Crippen molar-refractivity contribution in [3.05, 3.63) is 76.1 Å². The van der Waals surface area contributed by atoms with Crippen molar-refractivity contribution in [2.24, 2.45) is 0 Å². The van der Waals surface area contributed by atoms with E-state index in [2.05, 4.69) is 5.32 Å². The Hall–Kier alpha value is -2.42. The summed E-state index contributed by atoms with van der Waals surface area (Å²) in [4.78, 5) is 12.2. The zero-order valence-electron chi connectivity index (χ0n) is 15.4. The van der Waals surface area contributed by atoms with Gasteiger partial charge in [-0.1, -0.05) is 37.3 Å². The van der Waals surface area contributed by atoms with Gasteiger partial charge in [-0.3, -0.25) is 4.79 Å². The summed E-state index contributed by atoms with van der Waals surface area (Å²) in [6, 6.07) is 13.1. The Morgan fingerprint density at radius 1 is 1.12 bits per heavy atom. The van der Waals surface area contributed by atoms with E-state index in [0.717, 1.165) is 34.2 Å². The van der Waals surface area contributed by atoms with E-state index in [1.807, 2.05) is 51.1 Å². The third kappa shape index (κ3) is 4.79. The van der Waals surface area contributed by atoms with Crippen LogP contribution in [0.2, 0.25) is 0 Å². The van der Waals surface area contributed by atoms with Crippen molar-refractivity contribution in [1.82, 2.24) is 5.32 Å². The van der Waals surface area contributed by atoms with Crippen LogP contribution in [0.25, 0.3) is 5.57 Å². The zero-order valence-corrected chi connectivity index (χ0v) is 15.4. The van der Waals surface area contributed by atoms with Crippen LogP contribution < -0.4 is 5.32 Å². The molecule has 0 radical (unpaired) electrons. The molecule has 1 N–H and O–H groups in total. The Morgan fingerprint density at radius 2 is 1.80 bits per heavy atom. The predicted octanol–water partition coefficient (Wildman–Crippen LogP) is 5.04. The summed E-state index contributed by atoms with van der Waals surface area (Å²) in [6.07, 6.45) is 1.56. The van der Waals surface area contributed by atoms with Gasteiger partial charge in [-0.2, -0.15) is 0 Å². The highest BCUT2D eigenvalue weighted by Crippen LogP contribution is 2.27. The minimum Gasteiger partial charge on any atom is -0.352 e. The van der Waals surface area contributed by atoms with Gasteiger partial charge in [0, 0.05) is 12.1 Å². The van der Waals surface area contributed by atoms with Crippen molar-refractivity contribution in [1.29, 1.82) is 0 Å². The minimum absolute atomic E-state index is 0.0902. The van der Waals surface area contributed by atoms with E-state index >= 15 is 0 Å². The van der Waals surface area contributed by atoms with Crippen molar-refractivity contribution in [2.75, 3.05) is 6.54 Å². The van der Waals surface area contributed by atoms with Gasteiger partial charge in [0.05, 0.1) is 0 Å². The van der Waals surface area contributed by atoms with E-state index in [1.54, 1.807) is 13.0 Å². The van der Waals surface area contributed by atoms with Crippen molar-refractivity contribution in [2.45, 2.75) is 40.5 Å². The second-order valence-corrected chi connectivity index (χ2v) is 6.41. The van der Waals surface area contributed by atoms with E-state index in [9.17, 15) is 9.18 Å². The van der Waals surface area contributed by atoms with Gasteiger partial charge in [0.25, 0.3) is 0 Å². The van der Waals surface area contributed by atoms with Gasteiger partial charge in [0.2, 0.25) is 5.91 Å².